The molecule has 0 radical (unpaired) electrons. The molecule has 0 fully saturated rings. The van der Waals surface area contributed by atoms with Crippen molar-refractivity contribution in [3.63, 3.8) is 0 Å². The summed E-state index contributed by atoms with van der Waals surface area (Å²) in [7, 11) is 1.62. The summed E-state index contributed by atoms with van der Waals surface area (Å²) in [6.07, 6.45) is 2.56. The summed E-state index contributed by atoms with van der Waals surface area (Å²) in [5.41, 5.74) is 3.85. The van der Waals surface area contributed by atoms with Crippen molar-refractivity contribution in [3.8, 4) is 5.75 Å². The molecule has 1 aliphatic heterocycles. The van der Waals surface area contributed by atoms with Crippen LogP contribution in [-0.2, 0) is 11.2 Å². The van der Waals surface area contributed by atoms with E-state index in [-0.39, 0.29) is 11.4 Å². The molecular weight excluding hydrogens is 300 g/mol. The molecule has 0 aliphatic carbocycles. The van der Waals surface area contributed by atoms with E-state index in [0.29, 0.717) is 0 Å². The Morgan fingerprint density at radius 1 is 1.17 bits per heavy atom. The van der Waals surface area contributed by atoms with Crippen LogP contribution >= 0.6 is 0 Å². The van der Waals surface area contributed by atoms with Crippen molar-refractivity contribution >= 4 is 17.3 Å². The van der Waals surface area contributed by atoms with E-state index in [9.17, 15) is 4.79 Å². The van der Waals surface area contributed by atoms with Gasteiger partial charge in [-0.15, -0.1) is 0 Å². The van der Waals surface area contributed by atoms with E-state index in [2.05, 4.69) is 30.5 Å². The molecule has 0 saturated carbocycles. The van der Waals surface area contributed by atoms with Gasteiger partial charge in [0.1, 0.15) is 5.75 Å². The van der Waals surface area contributed by atoms with E-state index < -0.39 is 0 Å². The minimum atomic E-state index is -0.157. The fraction of sp³-hybridized carbons (Fsp3) is 0.250. The molecule has 124 valence electrons. The lowest BCUT2D eigenvalue weighted by molar-refractivity contribution is -0.111. The summed E-state index contributed by atoms with van der Waals surface area (Å²) in [5, 5.41) is 6.35. The lowest BCUT2D eigenvalue weighted by Gasteiger charge is -2.35. The third-order valence-corrected chi connectivity index (χ3v) is 4.05. The molecule has 1 heterocycles. The quantitative estimate of drug-likeness (QED) is 0.849. The number of ether oxygens (including phenoxy) is 1. The SMILES string of the molecule is COc1ccc(NC(=O)/C=C2\NC(C)(C)Cc3ccccc32)cc1. The van der Waals surface area contributed by atoms with Crippen molar-refractivity contribution < 1.29 is 9.53 Å². The van der Waals surface area contributed by atoms with Crippen molar-refractivity contribution in [2.75, 3.05) is 12.4 Å². The molecule has 0 spiro atoms. The lowest BCUT2D eigenvalue weighted by Crippen LogP contribution is -2.44. The van der Waals surface area contributed by atoms with Gasteiger partial charge in [0.05, 0.1) is 7.11 Å². The highest BCUT2D eigenvalue weighted by Crippen LogP contribution is 2.29. The number of anilines is 1. The normalized spacial score (nSPS) is 16.9. The highest BCUT2D eigenvalue weighted by atomic mass is 16.5. The first-order valence-electron chi connectivity index (χ1n) is 8.00. The van der Waals surface area contributed by atoms with Gasteiger partial charge in [-0.25, -0.2) is 0 Å². The summed E-state index contributed by atoms with van der Waals surface area (Å²) >= 11 is 0. The van der Waals surface area contributed by atoms with Crippen molar-refractivity contribution in [1.29, 1.82) is 0 Å². The second-order valence-electron chi connectivity index (χ2n) is 6.62. The predicted molar refractivity (Wildman–Crippen MR) is 97.0 cm³/mol. The first-order chi connectivity index (χ1) is 11.5. The number of amides is 1. The largest absolute Gasteiger partial charge is 0.497 e. The third-order valence-electron chi connectivity index (χ3n) is 4.05. The van der Waals surface area contributed by atoms with E-state index >= 15 is 0 Å². The Kier molecular flexibility index (Phi) is 4.30. The van der Waals surface area contributed by atoms with E-state index in [0.717, 1.165) is 29.1 Å². The van der Waals surface area contributed by atoms with Gasteiger partial charge in [0.2, 0.25) is 5.91 Å². The Labute approximate surface area is 142 Å². The Hall–Kier alpha value is -2.75. The van der Waals surface area contributed by atoms with Crippen LogP contribution in [0.1, 0.15) is 25.0 Å². The fourth-order valence-corrected chi connectivity index (χ4v) is 2.99. The Balaban J connectivity index is 1.82. The average Bonchev–Trinajstić information content (AvgIpc) is 2.54. The first-order valence-corrected chi connectivity index (χ1v) is 8.00. The zero-order valence-electron chi connectivity index (χ0n) is 14.2. The summed E-state index contributed by atoms with van der Waals surface area (Å²) in [4.78, 5) is 12.4. The van der Waals surface area contributed by atoms with Crippen LogP contribution in [-0.4, -0.2) is 18.6 Å². The summed E-state index contributed by atoms with van der Waals surface area (Å²) in [6, 6.07) is 15.5. The van der Waals surface area contributed by atoms with Gasteiger partial charge < -0.3 is 15.4 Å². The standard InChI is InChI=1S/C20H22N2O2/c1-20(2)13-14-6-4-5-7-17(14)18(22-20)12-19(23)21-15-8-10-16(24-3)11-9-15/h4-12,22H,13H2,1-3H3,(H,21,23)/b18-12-. The van der Waals surface area contributed by atoms with Crippen molar-refractivity contribution in [2.45, 2.75) is 25.8 Å². The van der Waals surface area contributed by atoms with E-state index in [1.54, 1.807) is 13.2 Å². The highest BCUT2D eigenvalue weighted by molar-refractivity contribution is 6.04. The molecule has 1 amide bonds. The third kappa shape index (κ3) is 3.59. The molecule has 0 bridgehead atoms. The summed E-state index contributed by atoms with van der Waals surface area (Å²) < 4.78 is 5.12. The molecule has 0 unspecified atom stereocenters. The molecule has 2 N–H and O–H groups in total. The number of methoxy groups -OCH3 is 1. The first kappa shape index (κ1) is 16.1. The Morgan fingerprint density at radius 2 is 1.88 bits per heavy atom. The predicted octanol–water partition coefficient (Wildman–Crippen LogP) is 3.60. The van der Waals surface area contributed by atoms with Crippen LogP contribution in [0.4, 0.5) is 5.69 Å². The van der Waals surface area contributed by atoms with Crippen LogP contribution in [0.2, 0.25) is 0 Å². The lowest BCUT2D eigenvalue weighted by atomic mass is 9.86. The summed E-state index contributed by atoms with van der Waals surface area (Å²) in [5.74, 6) is 0.603. The summed E-state index contributed by atoms with van der Waals surface area (Å²) in [6.45, 7) is 4.27. The van der Waals surface area contributed by atoms with Crippen LogP contribution in [0.5, 0.6) is 5.75 Å². The van der Waals surface area contributed by atoms with Gasteiger partial charge in [-0.2, -0.15) is 0 Å². The number of hydrogen-bond acceptors (Lipinski definition) is 3. The van der Waals surface area contributed by atoms with Gasteiger partial charge in [-0.3, -0.25) is 4.79 Å². The topological polar surface area (TPSA) is 50.4 Å². The molecule has 0 saturated heterocycles. The minimum Gasteiger partial charge on any atom is -0.497 e. The zero-order valence-corrected chi connectivity index (χ0v) is 14.2. The van der Waals surface area contributed by atoms with Crippen molar-refractivity contribution in [3.05, 3.63) is 65.7 Å². The van der Waals surface area contributed by atoms with Crippen LogP contribution in [0, 0.1) is 0 Å². The number of carbonyl (C=O) groups is 1. The van der Waals surface area contributed by atoms with Gasteiger partial charge in [0, 0.05) is 28.6 Å². The van der Waals surface area contributed by atoms with Crippen LogP contribution in [0.25, 0.3) is 5.70 Å². The zero-order chi connectivity index (χ0) is 17.2. The molecule has 0 aromatic heterocycles. The minimum absolute atomic E-state index is 0.0828. The molecule has 3 rings (SSSR count). The molecule has 4 nitrogen and oxygen atoms in total. The van der Waals surface area contributed by atoms with Gasteiger partial charge >= 0.3 is 0 Å². The van der Waals surface area contributed by atoms with Crippen LogP contribution in [0.15, 0.2) is 54.6 Å². The number of benzene rings is 2. The van der Waals surface area contributed by atoms with Crippen LogP contribution in [0.3, 0.4) is 0 Å². The molecule has 2 aromatic rings. The highest BCUT2D eigenvalue weighted by Gasteiger charge is 2.27. The van der Waals surface area contributed by atoms with E-state index in [4.69, 9.17) is 4.74 Å². The smallest absolute Gasteiger partial charge is 0.250 e. The Morgan fingerprint density at radius 3 is 2.58 bits per heavy atom. The maximum atomic E-state index is 12.4. The number of carbonyl (C=O) groups excluding carboxylic acids is 1. The van der Waals surface area contributed by atoms with Crippen molar-refractivity contribution in [2.24, 2.45) is 0 Å². The van der Waals surface area contributed by atoms with Crippen LogP contribution < -0.4 is 15.4 Å². The van der Waals surface area contributed by atoms with Gasteiger partial charge in [0.15, 0.2) is 0 Å². The van der Waals surface area contributed by atoms with E-state index in [1.807, 2.05) is 42.5 Å². The number of hydrogen-bond donors (Lipinski definition) is 2. The number of rotatable bonds is 3. The molecule has 0 atom stereocenters. The van der Waals surface area contributed by atoms with Gasteiger partial charge in [0.25, 0.3) is 0 Å². The maximum absolute atomic E-state index is 12.4. The molecular formula is C20H22N2O2. The molecule has 24 heavy (non-hydrogen) atoms. The monoisotopic (exact) mass is 322 g/mol. The number of fused-ring (bicyclic) bond motifs is 1. The van der Waals surface area contributed by atoms with Crippen molar-refractivity contribution in [1.82, 2.24) is 5.32 Å². The second-order valence-corrected chi connectivity index (χ2v) is 6.62. The van der Waals surface area contributed by atoms with Gasteiger partial charge in [-0.05, 0) is 50.1 Å². The fourth-order valence-electron chi connectivity index (χ4n) is 2.99. The maximum Gasteiger partial charge on any atom is 0.250 e. The molecule has 2 aromatic carbocycles. The number of nitrogens with one attached hydrogen (secondary N) is 2. The second kappa shape index (κ2) is 6.40. The Bertz CT molecular complexity index is 776. The van der Waals surface area contributed by atoms with E-state index in [1.165, 1.54) is 5.56 Å². The average molecular weight is 322 g/mol. The van der Waals surface area contributed by atoms with Gasteiger partial charge in [-0.1, -0.05) is 24.3 Å². The molecule has 4 heteroatoms. The molecule has 1 aliphatic rings.